The molecule has 0 bridgehead atoms. The zero-order valence-electron chi connectivity index (χ0n) is 8.28. The standard InChI is InChI=1S/C13H8N2/c1-9-4-11(8-15)5-12-3-2-10(7-14)6-13(9)12/h2-6H,1H3. The molecule has 0 aliphatic heterocycles. The molecule has 0 radical (unpaired) electrons. The van der Waals surface area contributed by atoms with Crippen LogP contribution in [-0.4, -0.2) is 0 Å². The summed E-state index contributed by atoms with van der Waals surface area (Å²) in [7, 11) is 0. The van der Waals surface area contributed by atoms with Crippen molar-refractivity contribution < 1.29 is 0 Å². The molecule has 0 fully saturated rings. The zero-order valence-corrected chi connectivity index (χ0v) is 8.28. The molecule has 0 unspecified atom stereocenters. The van der Waals surface area contributed by atoms with Crippen LogP contribution < -0.4 is 0 Å². The third-order valence-corrected chi connectivity index (χ3v) is 2.42. The first kappa shape index (κ1) is 9.24. The summed E-state index contributed by atoms with van der Waals surface area (Å²) < 4.78 is 0. The quantitative estimate of drug-likeness (QED) is 0.644. The first-order chi connectivity index (χ1) is 7.24. The fourth-order valence-electron chi connectivity index (χ4n) is 1.68. The summed E-state index contributed by atoms with van der Waals surface area (Å²) in [5.74, 6) is 0. The van der Waals surface area contributed by atoms with Gasteiger partial charge in [-0.1, -0.05) is 6.07 Å². The van der Waals surface area contributed by atoms with Crippen LogP contribution in [-0.2, 0) is 0 Å². The fraction of sp³-hybridized carbons (Fsp3) is 0.0769. The lowest BCUT2D eigenvalue weighted by Gasteiger charge is -2.03. The Balaban J connectivity index is 2.82. The van der Waals surface area contributed by atoms with E-state index in [9.17, 15) is 0 Å². The third-order valence-electron chi connectivity index (χ3n) is 2.42. The first-order valence-electron chi connectivity index (χ1n) is 4.59. The lowest BCUT2D eigenvalue weighted by molar-refractivity contribution is 1.45. The van der Waals surface area contributed by atoms with E-state index in [1.807, 2.05) is 31.2 Å². The highest BCUT2D eigenvalue weighted by Crippen LogP contribution is 2.21. The predicted octanol–water partition coefficient (Wildman–Crippen LogP) is 2.89. The van der Waals surface area contributed by atoms with Crippen molar-refractivity contribution in [2.24, 2.45) is 0 Å². The van der Waals surface area contributed by atoms with Crippen LogP contribution in [0.4, 0.5) is 0 Å². The number of hydrogen-bond acceptors (Lipinski definition) is 2. The van der Waals surface area contributed by atoms with Gasteiger partial charge in [-0.3, -0.25) is 0 Å². The van der Waals surface area contributed by atoms with E-state index >= 15 is 0 Å². The molecule has 2 aromatic rings. The van der Waals surface area contributed by atoms with Crippen LogP contribution in [0.1, 0.15) is 16.7 Å². The molecular formula is C13H8N2. The molecule has 0 spiro atoms. The molecule has 2 aromatic carbocycles. The second kappa shape index (κ2) is 3.44. The Morgan fingerprint density at radius 2 is 1.67 bits per heavy atom. The molecule has 0 N–H and O–H groups in total. The van der Waals surface area contributed by atoms with Crippen molar-refractivity contribution in [3.8, 4) is 12.1 Å². The average molecular weight is 192 g/mol. The molecule has 2 rings (SSSR count). The van der Waals surface area contributed by atoms with E-state index in [4.69, 9.17) is 10.5 Å². The molecule has 0 amide bonds. The topological polar surface area (TPSA) is 47.6 Å². The molecule has 0 aromatic heterocycles. The average Bonchev–Trinajstić information content (AvgIpc) is 2.28. The number of rotatable bonds is 0. The van der Waals surface area contributed by atoms with E-state index in [0.717, 1.165) is 16.3 Å². The van der Waals surface area contributed by atoms with Gasteiger partial charge in [-0.2, -0.15) is 10.5 Å². The molecule has 0 saturated heterocycles. The second-order valence-electron chi connectivity index (χ2n) is 3.45. The van der Waals surface area contributed by atoms with Crippen molar-refractivity contribution >= 4 is 10.8 Å². The molecule has 70 valence electrons. The number of hydrogen-bond donors (Lipinski definition) is 0. The van der Waals surface area contributed by atoms with Gasteiger partial charge >= 0.3 is 0 Å². The number of aryl methyl sites for hydroxylation is 1. The first-order valence-corrected chi connectivity index (χ1v) is 4.59. The minimum Gasteiger partial charge on any atom is -0.192 e. The minimum atomic E-state index is 0.648. The largest absolute Gasteiger partial charge is 0.192 e. The van der Waals surface area contributed by atoms with Crippen LogP contribution in [0, 0.1) is 29.6 Å². The van der Waals surface area contributed by atoms with Crippen molar-refractivity contribution in [2.45, 2.75) is 6.92 Å². The van der Waals surface area contributed by atoms with Crippen LogP contribution in [0.25, 0.3) is 10.8 Å². The highest BCUT2D eigenvalue weighted by Gasteiger charge is 2.01. The predicted molar refractivity (Wildman–Crippen MR) is 58.1 cm³/mol. The van der Waals surface area contributed by atoms with Gasteiger partial charge in [-0.25, -0.2) is 0 Å². The summed E-state index contributed by atoms with van der Waals surface area (Å²) >= 11 is 0. The Morgan fingerprint density at radius 3 is 2.33 bits per heavy atom. The molecule has 0 aliphatic rings. The van der Waals surface area contributed by atoms with Crippen LogP contribution in [0.5, 0.6) is 0 Å². The number of benzene rings is 2. The Kier molecular flexibility index (Phi) is 2.12. The van der Waals surface area contributed by atoms with Crippen molar-refractivity contribution in [1.82, 2.24) is 0 Å². The van der Waals surface area contributed by atoms with E-state index in [-0.39, 0.29) is 0 Å². The van der Waals surface area contributed by atoms with Gasteiger partial charge in [-0.15, -0.1) is 0 Å². The van der Waals surface area contributed by atoms with Gasteiger partial charge in [0, 0.05) is 0 Å². The van der Waals surface area contributed by atoms with E-state index in [2.05, 4.69) is 12.1 Å². The lowest BCUT2D eigenvalue weighted by Crippen LogP contribution is -1.83. The number of fused-ring (bicyclic) bond motifs is 1. The van der Waals surface area contributed by atoms with Crippen LogP contribution in [0.2, 0.25) is 0 Å². The Bertz CT molecular complexity index is 613. The monoisotopic (exact) mass is 192 g/mol. The maximum Gasteiger partial charge on any atom is 0.0991 e. The van der Waals surface area contributed by atoms with Crippen LogP contribution >= 0.6 is 0 Å². The lowest BCUT2D eigenvalue weighted by atomic mass is 10.0. The SMILES string of the molecule is Cc1cc(C#N)cc2ccc(C#N)cc12. The molecule has 0 heterocycles. The molecule has 2 nitrogen and oxygen atoms in total. The van der Waals surface area contributed by atoms with Gasteiger partial charge < -0.3 is 0 Å². The smallest absolute Gasteiger partial charge is 0.0991 e. The van der Waals surface area contributed by atoms with Gasteiger partial charge in [0.2, 0.25) is 0 Å². The van der Waals surface area contributed by atoms with Gasteiger partial charge in [0.15, 0.2) is 0 Å². The van der Waals surface area contributed by atoms with E-state index in [1.165, 1.54) is 0 Å². The molecule has 0 saturated carbocycles. The molecule has 15 heavy (non-hydrogen) atoms. The van der Waals surface area contributed by atoms with E-state index < -0.39 is 0 Å². The van der Waals surface area contributed by atoms with Crippen molar-refractivity contribution in [2.75, 3.05) is 0 Å². The van der Waals surface area contributed by atoms with Gasteiger partial charge in [0.25, 0.3) is 0 Å². The molecular weight excluding hydrogens is 184 g/mol. The second-order valence-corrected chi connectivity index (χ2v) is 3.45. The van der Waals surface area contributed by atoms with E-state index in [1.54, 1.807) is 6.07 Å². The van der Waals surface area contributed by atoms with Crippen molar-refractivity contribution in [3.05, 3.63) is 47.0 Å². The Labute approximate surface area is 88.0 Å². The summed E-state index contributed by atoms with van der Waals surface area (Å²) in [6.45, 7) is 1.95. The van der Waals surface area contributed by atoms with Gasteiger partial charge in [0.1, 0.15) is 0 Å². The molecule has 0 aliphatic carbocycles. The third kappa shape index (κ3) is 1.54. The van der Waals surface area contributed by atoms with Crippen molar-refractivity contribution in [1.29, 1.82) is 10.5 Å². The maximum atomic E-state index is 8.82. The highest BCUT2D eigenvalue weighted by molar-refractivity contribution is 5.88. The Morgan fingerprint density at radius 1 is 0.933 bits per heavy atom. The summed E-state index contributed by atoms with van der Waals surface area (Å²) in [5, 5.41) is 19.6. The number of nitriles is 2. The normalized spacial score (nSPS) is 9.53. The maximum absolute atomic E-state index is 8.82. The number of nitrogens with zero attached hydrogens (tertiary/aromatic N) is 2. The van der Waals surface area contributed by atoms with Crippen LogP contribution in [0.3, 0.4) is 0 Å². The van der Waals surface area contributed by atoms with Crippen LogP contribution in [0.15, 0.2) is 30.3 Å². The minimum absolute atomic E-state index is 0.648. The van der Waals surface area contributed by atoms with Gasteiger partial charge in [-0.05, 0) is 47.5 Å². The Hall–Kier alpha value is -2.32. The molecule has 2 heteroatoms. The zero-order chi connectivity index (χ0) is 10.8. The summed E-state index contributed by atoms with van der Waals surface area (Å²) in [6, 6.07) is 13.4. The summed E-state index contributed by atoms with van der Waals surface area (Å²) in [5.41, 5.74) is 2.33. The fourth-order valence-corrected chi connectivity index (χ4v) is 1.68. The molecule has 0 atom stereocenters. The highest BCUT2D eigenvalue weighted by atomic mass is 14.2. The van der Waals surface area contributed by atoms with E-state index in [0.29, 0.717) is 11.1 Å². The van der Waals surface area contributed by atoms with Gasteiger partial charge in [0.05, 0.1) is 23.3 Å². The van der Waals surface area contributed by atoms with Crippen molar-refractivity contribution in [3.63, 3.8) is 0 Å². The summed E-state index contributed by atoms with van der Waals surface area (Å²) in [6.07, 6.45) is 0. The summed E-state index contributed by atoms with van der Waals surface area (Å²) in [4.78, 5) is 0.